The molecule has 0 radical (unpaired) electrons. The normalized spacial score (nSPS) is 11.4. The number of hydrogen-bond donors (Lipinski definition) is 2. The van der Waals surface area contributed by atoms with Gasteiger partial charge < -0.3 is 20.1 Å². The molecule has 41 heavy (non-hydrogen) atoms. The summed E-state index contributed by atoms with van der Waals surface area (Å²) in [6.45, 7) is 2.18. The second-order valence-corrected chi connectivity index (χ2v) is 9.13. The SMILES string of the molecule is CCCn1nncc1-c1cc(F)cc(C(=O)NC[C@@H](NC(=O)OCc2ccccc2)C(=O)OCc2ccccc2)c1. The molecule has 1 atom stereocenters. The van der Waals surface area contributed by atoms with Crippen LogP contribution in [0.15, 0.2) is 85.1 Å². The van der Waals surface area contributed by atoms with E-state index in [1.807, 2.05) is 31.2 Å². The first-order valence-electron chi connectivity index (χ1n) is 13.1. The fourth-order valence-corrected chi connectivity index (χ4v) is 3.95. The van der Waals surface area contributed by atoms with Crippen LogP contribution in [0.1, 0.15) is 34.8 Å². The van der Waals surface area contributed by atoms with Crippen LogP contribution in [0, 0.1) is 5.82 Å². The number of aryl methyl sites for hydroxylation is 1. The molecule has 4 aromatic rings. The number of carbonyl (C=O) groups is 3. The van der Waals surface area contributed by atoms with Gasteiger partial charge in [0.1, 0.15) is 25.1 Å². The molecule has 0 saturated heterocycles. The van der Waals surface area contributed by atoms with Gasteiger partial charge in [0, 0.05) is 24.2 Å². The van der Waals surface area contributed by atoms with Crippen LogP contribution in [-0.2, 0) is 34.0 Å². The van der Waals surface area contributed by atoms with Gasteiger partial charge in [-0.1, -0.05) is 72.8 Å². The van der Waals surface area contributed by atoms with Crippen LogP contribution >= 0.6 is 0 Å². The van der Waals surface area contributed by atoms with Gasteiger partial charge in [-0.05, 0) is 35.7 Å². The van der Waals surface area contributed by atoms with Crippen LogP contribution in [0.4, 0.5) is 9.18 Å². The maximum atomic E-state index is 14.5. The summed E-state index contributed by atoms with van der Waals surface area (Å²) in [5.41, 5.74) is 2.52. The molecular weight excluding hydrogens is 529 g/mol. The number of nitrogens with zero attached hydrogens (tertiary/aromatic N) is 3. The minimum atomic E-state index is -1.27. The number of ether oxygens (including phenoxy) is 2. The average Bonchev–Trinajstić information content (AvgIpc) is 3.46. The van der Waals surface area contributed by atoms with E-state index >= 15 is 0 Å². The van der Waals surface area contributed by atoms with Crippen molar-refractivity contribution in [3.63, 3.8) is 0 Å². The molecule has 11 heteroatoms. The third kappa shape index (κ3) is 8.46. The Balaban J connectivity index is 1.44. The molecule has 1 aromatic heterocycles. The number of carbonyl (C=O) groups excluding carboxylic acids is 3. The maximum absolute atomic E-state index is 14.5. The molecule has 0 spiro atoms. The molecule has 212 valence electrons. The molecule has 0 aliphatic rings. The van der Waals surface area contributed by atoms with Gasteiger partial charge in [-0.15, -0.1) is 5.10 Å². The highest BCUT2D eigenvalue weighted by atomic mass is 19.1. The predicted molar refractivity (Wildman–Crippen MR) is 148 cm³/mol. The lowest BCUT2D eigenvalue weighted by atomic mass is 10.1. The molecule has 4 rings (SSSR count). The lowest BCUT2D eigenvalue weighted by molar-refractivity contribution is -0.147. The van der Waals surface area contributed by atoms with Crippen LogP contribution in [0.25, 0.3) is 11.3 Å². The molecule has 0 saturated carbocycles. The van der Waals surface area contributed by atoms with Crippen LogP contribution < -0.4 is 10.6 Å². The van der Waals surface area contributed by atoms with E-state index in [2.05, 4.69) is 20.9 Å². The summed E-state index contributed by atoms with van der Waals surface area (Å²) in [5, 5.41) is 12.9. The monoisotopic (exact) mass is 559 g/mol. The van der Waals surface area contributed by atoms with Crippen molar-refractivity contribution in [2.75, 3.05) is 6.54 Å². The number of hydrogen-bond acceptors (Lipinski definition) is 7. The summed E-state index contributed by atoms with van der Waals surface area (Å²) >= 11 is 0. The van der Waals surface area contributed by atoms with E-state index in [4.69, 9.17) is 9.47 Å². The number of nitrogens with one attached hydrogen (secondary N) is 2. The van der Waals surface area contributed by atoms with Crippen molar-refractivity contribution in [3.05, 3.63) is 108 Å². The minimum absolute atomic E-state index is 0.0135. The Morgan fingerprint density at radius 2 is 1.59 bits per heavy atom. The Hall–Kier alpha value is -5.06. The topological polar surface area (TPSA) is 124 Å². The van der Waals surface area contributed by atoms with Crippen LogP contribution in [0.5, 0.6) is 0 Å². The first-order chi connectivity index (χ1) is 19.9. The van der Waals surface area contributed by atoms with E-state index in [1.54, 1.807) is 41.1 Å². The van der Waals surface area contributed by atoms with Crippen molar-refractivity contribution in [3.8, 4) is 11.3 Å². The lowest BCUT2D eigenvalue weighted by Gasteiger charge is -2.18. The van der Waals surface area contributed by atoms with Crippen LogP contribution in [0.3, 0.4) is 0 Å². The smallest absolute Gasteiger partial charge is 0.408 e. The molecule has 0 aliphatic heterocycles. The first-order valence-corrected chi connectivity index (χ1v) is 13.1. The number of benzene rings is 3. The Labute approximate surface area is 236 Å². The average molecular weight is 560 g/mol. The van der Waals surface area contributed by atoms with Crippen molar-refractivity contribution >= 4 is 18.0 Å². The number of rotatable bonds is 12. The standard InChI is InChI=1S/C30H30FN5O5/c1-2-13-36-27(18-33-35-36)23-14-24(16-25(31)15-23)28(37)32-17-26(29(38)40-19-21-9-5-3-6-10-21)34-30(39)41-20-22-11-7-4-8-12-22/h3-12,14-16,18,26H,2,13,17,19-20H2,1H3,(H,32,37)(H,34,39)/t26-/m1/s1. The third-order valence-corrected chi connectivity index (χ3v) is 5.99. The van der Waals surface area contributed by atoms with E-state index < -0.39 is 29.8 Å². The van der Waals surface area contributed by atoms with Crippen molar-refractivity contribution in [2.45, 2.75) is 39.1 Å². The largest absolute Gasteiger partial charge is 0.459 e. The van der Waals surface area contributed by atoms with Gasteiger partial charge in [-0.25, -0.2) is 18.7 Å². The fraction of sp³-hybridized carbons (Fsp3) is 0.233. The number of aromatic nitrogens is 3. The highest BCUT2D eigenvalue weighted by molar-refractivity contribution is 5.96. The highest BCUT2D eigenvalue weighted by Crippen LogP contribution is 2.21. The molecule has 3 aromatic carbocycles. The summed E-state index contributed by atoms with van der Waals surface area (Å²) in [7, 11) is 0. The molecule has 10 nitrogen and oxygen atoms in total. The Morgan fingerprint density at radius 3 is 2.24 bits per heavy atom. The van der Waals surface area contributed by atoms with Gasteiger partial charge in [0.05, 0.1) is 11.9 Å². The Morgan fingerprint density at radius 1 is 0.927 bits per heavy atom. The molecule has 0 bridgehead atoms. The predicted octanol–water partition coefficient (Wildman–Crippen LogP) is 4.26. The van der Waals surface area contributed by atoms with Crippen LogP contribution in [-0.4, -0.2) is 45.6 Å². The van der Waals surface area contributed by atoms with Gasteiger partial charge in [-0.2, -0.15) is 0 Å². The van der Waals surface area contributed by atoms with Crippen LogP contribution in [0.2, 0.25) is 0 Å². The van der Waals surface area contributed by atoms with Gasteiger partial charge in [0.25, 0.3) is 5.91 Å². The Kier molecular flexibility index (Phi) is 10.1. The van der Waals surface area contributed by atoms with E-state index in [0.717, 1.165) is 23.6 Å². The number of halogens is 1. The minimum Gasteiger partial charge on any atom is -0.459 e. The quantitative estimate of drug-likeness (QED) is 0.249. The second kappa shape index (κ2) is 14.4. The van der Waals surface area contributed by atoms with Gasteiger partial charge >= 0.3 is 12.1 Å². The Bertz CT molecular complexity index is 1460. The lowest BCUT2D eigenvalue weighted by Crippen LogP contribution is -2.49. The zero-order valence-corrected chi connectivity index (χ0v) is 22.5. The van der Waals surface area contributed by atoms with Gasteiger partial charge in [0.2, 0.25) is 0 Å². The van der Waals surface area contributed by atoms with E-state index in [9.17, 15) is 18.8 Å². The van der Waals surface area contributed by atoms with Gasteiger partial charge in [0.15, 0.2) is 0 Å². The third-order valence-electron chi connectivity index (χ3n) is 5.99. The number of alkyl carbamates (subject to hydrolysis) is 1. The highest BCUT2D eigenvalue weighted by Gasteiger charge is 2.25. The zero-order chi connectivity index (χ0) is 29.0. The number of esters is 1. The van der Waals surface area contributed by atoms with E-state index in [0.29, 0.717) is 17.8 Å². The maximum Gasteiger partial charge on any atom is 0.408 e. The van der Waals surface area contributed by atoms with E-state index in [-0.39, 0.29) is 25.3 Å². The summed E-state index contributed by atoms with van der Waals surface area (Å²) in [6, 6.07) is 20.7. The second-order valence-electron chi connectivity index (χ2n) is 9.13. The van der Waals surface area contributed by atoms with Gasteiger partial charge in [-0.3, -0.25) is 4.79 Å². The van der Waals surface area contributed by atoms with Crippen molar-refractivity contribution in [1.29, 1.82) is 0 Å². The summed E-state index contributed by atoms with van der Waals surface area (Å²) in [5.74, 6) is -2.06. The zero-order valence-electron chi connectivity index (χ0n) is 22.5. The molecule has 0 unspecified atom stereocenters. The molecular formula is C30H30FN5O5. The molecule has 0 fully saturated rings. The van der Waals surface area contributed by atoms with Crippen molar-refractivity contribution in [2.24, 2.45) is 0 Å². The molecule has 2 amide bonds. The van der Waals surface area contributed by atoms with Crippen molar-refractivity contribution in [1.82, 2.24) is 25.6 Å². The summed E-state index contributed by atoms with van der Waals surface area (Å²) in [4.78, 5) is 38.4. The van der Waals surface area contributed by atoms with Crippen molar-refractivity contribution < 1.29 is 28.2 Å². The molecule has 0 aliphatic carbocycles. The first kappa shape index (κ1) is 28.9. The summed E-state index contributed by atoms with van der Waals surface area (Å²) < 4.78 is 26.7. The summed E-state index contributed by atoms with van der Waals surface area (Å²) in [6.07, 6.45) is 1.42. The molecule has 2 N–H and O–H groups in total. The fourth-order valence-electron chi connectivity index (χ4n) is 3.95. The van der Waals surface area contributed by atoms with E-state index in [1.165, 1.54) is 18.3 Å². The number of amides is 2. The molecule has 1 heterocycles.